The minimum absolute atomic E-state index is 0.226. The van der Waals surface area contributed by atoms with Crippen LogP contribution < -0.4 is 15.0 Å². The van der Waals surface area contributed by atoms with E-state index >= 15 is 0 Å². The molecule has 156 valence electrons. The van der Waals surface area contributed by atoms with Crippen LogP contribution in [-0.4, -0.2) is 18.9 Å². The number of nitrogens with zero attached hydrogens (tertiary/aromatic N) is 1. The quantitative estimate of drug-likeness (QED) is 0.551. The second kappa shape index (κ2) is 8.28. The topological polar surface area (TPSA) is 58.6 Å². The molecule has 0 saturated carbocycles. The molecular formula is C25H21ClN2O3. The summed E-state index contributed by atoms with van der Waals surface area (Å²) >= 11 is 6.04. The summed E-state index contributed by atoms with van der Waals surface area (Å²) in [5, 5.41) is 3.78. The Morgan fingerprint density at radius 3 is 2.32 bits per heavy atom. The van der Waals surface area contributed by atoms with Gasteiger partial charge in [0.25, 0.3) is 11.8 Å². The SMILES string of the molecule is COc1cccc(N2C(=O)C(Nc3cccc(C)c3C)=C(c3ccc(Cl)cc3)C2=O)c1. The Labute approximate surface area is 185 Å². The lowest BCUT2D eigenvalue weighted by Gasteiger charge is -2.16. The van der Waals surface area contributed by atoms with Gasteiger partial charge in [-0.05, 0) is 60.9 Å². The van der Waals surface area contributed by atoms with Gasteiger partial charge in [0.15, 0.2) is 0 Å². The van der Waals surface area contributed by atoms with Crippen LogP contribution in [0.15, 0.2) is 72.4 Å². The summed E-state index contributed by atoms with van der Waals surface area (Å²) in [5.41, 5.74) is 4.44. The molecule has 3 aromatic rings. The van der Waals surface area contributed by atoms with Crippen LogP contribution in [-0.2, 0) is 9.59 Å². The van der Waals surface area contributed by atoms with E-state index in [-0.39, 0.29) is 5.70 Å². The van der Waals surface area contributed by atoms with Crippen LogP contribution in [0.4, 0.5) is 11.4 Å². The number of amides is 2. The van der Waals surface area contributed by atoms with Gasteiger partial charge < -0.3 is 10.1 Å². The third-order valence-electron chi connectivity index (χ3n) is 5.39. The highest BCUT2D eigenvalue weighted by atomic mass is 35.5. The first-order chi connectivity index (χ1) is 14.9. The van der Waals surface area contributed by atoms with Crippen LogP contribution in [0.1, 0.15) is 16.7 Å². The minimum atomic E-state index is -0.427. The summed E-state index contributed by atoms with van der Waals surface area (Å²) in [5.74, 6) is -0.278. The van der Waals surface area contributed by atoms with Crippen molar-refractivity contribution in [3.05, 3.63) is 94.1 Å². The molecule has 0 radical (unpaired) electrons. The predicted molar refractivity (Wildman–Crippen MR) is 123 cm³/mol. The number of hydrogen-bond donors (Lipinski definition) is 1. The molecule has 1 aliphatic heterocycles. The average molecular weight is 433 g/mol. The van der Waals surface area contributed by atoms with Gasteiger partial charge in [0.2, 0.25) is 0 Å². The van der Waals surface area contributed by atoms with Gasteiger partial charge >= 0.3 is 0 Å². The summed E-state index contributed by atoms with van der Waals surface area (Å²) in [6, 6.07) is 19.6. The molecular weight excluding hydrogens is 412 g/mol. The standard InChI is InChI=1S/C25H21ClN2O3/c1-15-6-4-9-21(16(15)2)27-23-22(17-10-12-18(26)13-11-17)24(29)28(25(23)30)19-7-5-8-20(14-19)31-3/h4-14,27H,1-3H3. The van der Waals surface area contributed by atoms with E-state index < -0.39 is 11.8 Å². The Morgan fingerprint density at radius 1 is 0.903 bits per heavy atom. The van der Waals surface area contributed by atoms with Crippen LogP contribution in [0.25, 0.3) is 5.57 Å². The van der Waals surface area contributed by atoms with E-state index in [1.165, 1.54) is 12.0 Å². The van der Waals surface area contributed by atoms with Gasteiger partial charge in [-0.1, -0.05) is 41.9 Å². The number of imide groups is 1. The summed E-state index contributed by atoms with van der Waals surface area (Å²) in [7, 11) is 1.54. The van der Waals surface area contributed by atoms with Crippen LogP contribution in [0.3, 0.4) is 0 Å². The van der Waals surface area contributed by atoms with Crippen molar-refractivity contribution < 1.29 is 14.3 Å². The molecule has 4 rings (SSSR count). The van der Waals surface area contributed by atoms with Crippen LogP contribution in [0.2, 0.25) is 5.02 Å². The molecule has 0 spiro atoms. The second-order valence-corrected chi connectivity index (χ2v) is 7.71. The Kier molecular flexibility index (Phi) is 5.53. The fraction of sp³-hybridized carbons (Fsp3) is 0.120. The van der Waals surface area contributed by atoms with Gasteiger partial charge in [-0.3, -0.25) is 9.59 Å². The van der Waals surface area contributed by atoms with Crippen molar-refractivity contribution in [2.75, 3.05) is 17.3 Å². The van der Waals surface area contributed by atoms with Crippen molar-refractivity contribution in [3.8, 4) is 5.75 Å². The molecule has 3 aromatic carbocycles. The Morgan fingerprint density at radius 2 is 1.61 bits per heavy atom. The number of carbonyl (C=O) groups is 2. The summed E-state index contributed by atoms with van der Waals surface area (Å²) in [4.78, 5) is 28.1. The van der Waals surface area contributed by atoms with Gasteiger partial charge in [0, 0.05) is 16.8 Å². The molecule has 5 nitrogen and oxygen atoms in total. The number of carbonyl (C=O) groups excluding carboxylic acids is 2. The van der Waals surface area contributed by atoms with E-state index in [9.17, 15) is 9.59 Å². The molecule has 1 aliphatic rings. The Hall–Kier alpha value is -3.57. The van der Waals surface area contributed by atoms with Crippen molar-refractivity contribution in [3.63, 3.8) is 0 Å². The average Bonchev–Trinajstić information content (AvgIpc) is 3.01. The molecule has 31 heavy (non-hydrogen) atoms. The minimum Gasteiger partial charge on any atom is -0.497 e. The molecule has 2 amide bonds. The first-order valence-electron chi connectivity index (χ1n) is 9.77. The van der Waals surface area contributed by atoms with Gasteiger partial charge in [-0.15, -0.1) is 0 Å². The number of aryl methyl sites for hydroxylation is 1. The molecule has 0 bridgehead atoms. The molecule has 0 fully saturated rings. The third-order valence-corrected chi connectivity index (χ3v) is 5.64. The monoisotopic (exact) mass is 432 g/mol. The molecule has 0 aliphatic carbocycles. The Balaban J connectivity index is 1.84. The van der Waals surface area contributed by atoms with Gasteiger partial charge in [0.1, 0.15) is 11.4 Å². The summed E-state index contributed by atoms with van der Waals surface area (Å²) in [6.07, 6.45) is 0. The largest absolute Gasteiger partial charge is 0.497 e. The highest BCUT2D eigenvalue weighted by Crippen LogP contribution is 2.35. The zero-order valence-electron chi connectivity index (χ0n) is 17.4. The van der Waals surface area contributed by atoms with Crippen LogP contribution >= 0.6 is 11.6 Å². The molecule has 1 heterocycles. The Bertz CT molecular complexity index is 1220. The number of rotatable bonds is 5. The lowest BCUT2D eigenvalue weighted by Crippen LogP contribution is -2.32. The van der Waals surface area contributed by atoms with Crippen molar-refractivity contribution in [2.45, 2.75) is 13.8 Å². The maximum Gasteiger partial charge on any atom is 0.282 e. The molecule has 0 aromatic heterocycles. The number of halogens is 1. The number of benzene rings is 3. The first-order valence-corrected chi connectivity index (χ1v) is 10.1. The van der Waals surface area contributed by atoms with Crippen molar-refractivity contribution in [1.29, 1.82) is 0 Å². The zero-order chi connectivity index (χ0) is 22.1. The van der Waals surface area contributed by atoms with E-state index in [1.807, 2.05) is 32.0 Å². The number of nitrogens with one attached hydrogen (secondary N) is 1. The maximum absolute atomic E-state index is 13.5. The number of anilines is 2. The smallest absolute Gasteiger partial charge is 0.282 e. The highest BCUT2D eigenvalue weighted by Gasteiger charge is 2.40. The molecule has 0 unspecified atom stereocenters. The molecule has 0 saturated heterocycles. The lowest BCUT2D eigenvalue weighted by molar-refractivity contribution is -0.120. The summed E-state index contributed by atoms with van der Waals surface area (Å²) < 4.78 is 5.27. The number of hydrogen-bond acceptors (Lipinski definition) is 4. The first kappa shape index (κ1) is 20.7. The van der Waals surface area contributed by atoms with E-state index in [1.54, 1.807) is 48.5 Å². The van der Waals surface area contributed by atoms with E-state index in [0.29, 0.717) is 27.6 Å². The van der Waals surface area contributed by atoms with Crippen molar-refractivity contribution >= 4 is 40.4 Å². The second-order valence-electron chi connectivity index (χ2n) is 7.28. The van der Waals surface area contributed by atoms with Crippen molar-refractivity contribution in [2.24, 2.45) is 0 Å². The summed E-state index contributed by atoms with van der Waals surface area (Å²) in [6.45, 7) is 3.97. The highest BCUT2D eigenvalue weighted by molar-refractivity contribution is 6.46. The maximum atomic E-state index is 13.5. The predicted octanol–water partition coefficient (Wildman–Crippen LogP) is 5.36. The lowest BCUT2D eigenvalue weighted by atomic mass is 10.0. The van der Waals surface area contributed by atoms with Gasteiger partial charge in [-0.2, -0.15) is 0 Å². The molecule has 6 heteroatoms. The number of ether oxygens (including phenoxy) is 1. The molecule has 0 atom stereocenters. The number of methoxy groups -OCH3 is 1. The fourth-order valence-corrected chi connectivity index (χ4v) is 3.66. The normalized spacial score (nSPS) is 13.7. The molecule has 1 N–H and O–H groups in total. The van der Waals surface area contributed by atoms with E-state index in [2.05, 4.69) is 5.32 Å². The van der Waals surface area contributed by atoms with Crippen molar-refractivity contribution in [1.82, 2.24) is 0 Å². The van der Waals surface area contributed by atoms with Crippen LogP contribution in [0, 0.1) is 13.8 Å². The van der Waals surface area contributed by atoms with Crippen LogP contribution in [0.5, 0.6) is 5.75 Å². The van der Waals surface area contributed by atoms with Gasteiger partial charge in [-0.25, -0.2) is 4.90 Å². The van der Waals surface area contributed by atoms with E-state index in [4.69, 9.17) is 16.3 Å². The van der Waals surface area contributed by atoms with Gasteiger partial charge in [0.05, 0.1) is 18.4 Å². The third kappa shape index (κ3) is 3.80. The fourth-order valence-electron chi connectivity index (χ4n) is 3.54. The zero-order valence-corrected chi connectivity index (χ0v) is 18.2. The van der Waals surface area contributed by atoms with E-state index in [0.717, 1.165) is 16.8 Å².